The number of carbonyl (C=O) groups is 2. The minimum absolute atomic E-state index is 0.00585. The number of rotatable bonds is 6. The molecule has 0 bridgehead atoms. The molecule has 3 rings (SSSR count). The Balaban J connectivity index is 1.73. The number of hydrogen-bond acceptors (Lipinski definition) is 6. The summed E-state index contributed by atoms with van der Waals surface area (Å²) in [5, 5.41) is 12.2. The molecule has 1 amide bonds. The number of H-pyrrole nitrogens is 1. The molecule has 0 radical (unpaired) electrons. The number of carbonyl (C=O) groups excluding carboxylic acids is 2. The summed E-state index contributed by atoms with van der Waals surface area (Å²) in [7, 11) is 0. The van der Waals surface area contributed by atoms with E-state index in [0.717, 1.165) is 16.6 Å². The lowest BCUT2D eigenvalue weighted by Gasteiger charge is -2.04. The predicted molar refractivity (Wildman–Crippen MR) is 104 cm³/mol. The molecular formula is C19H22N6O3. The summed E-state index contributed by atoms with van der Waals surface area (Å²) in [4.78, 5) is 27.5. The zero-order chi connectivity index (χ0) is 20.3. The van der Waals surface area contributed by atoms with E-state index in [9.17, 15) is 9.59 Å². The Morgan fingerprint density at radius 2 is 2.04 bits per heavy atom. The van der Waals surface area contributed by atoms with E-state index in [1.807, 2.05) is 31.2 Å². The van der Waals surface area contributed by atoms with Crippen LogP contribution in [0.1, 0.15) is 41.2 Å². The molecule has 0 unspecified atom stereocenters. The molecule has 0 fully saturated rings. The highest BCUT2D eigenvalue weighted by Crippen LogP contribution is 2.19. The number of amides is 1. The van der Waals surface area contributed by atoms with Crippen molar-refractivity contribution in [1.29, 1.82) is 0 Å². The number of ether oxygens (including phenoxy) is 1. The lowest BCUT2D eigenvalue weighted by molar-refractivity contribution is -0.121. The SMILES string of the molecule is CCOC(=O)c1c(C)[nH]c(/C(C)=N/NC(=O)Cn2nnc3ccccc32)c1C. The average molecular weight is 382 g/mol. The maximum absolute atomic E-state index is 12.2. The summed E-state index contributed by atoms with van der Waals surface area (Å²) in [5.41, 5.74) is 7.15. The van der Waals surface area contributed by atoms with E-state index in [2.05, 4.69) is 25.8 Å². The van der Waals surface area contributed by atoms with Crippen LogP contribution in [0.5, 0.6) is 0 Å². The molecule has 0 atom stereocenters. The first-order valence-electron chi connectivity index (χ1n) is 8.90. The molecule has 28 heavy (non-hydrogen) atoms. The second-order valence-electron chi connectivity index (χ2n) is 6.31. The van der Waals surface area contributed by atoms with Crippen LogP contribution in [0, 0.1) is 13.8 Å². The summed E-state index contributed by atoms with van der Waals surface area (Å²) in [6, 6.07) is 7.40. The summed E-state index contributed by atoms with van der Waals surface area (Å²) < 4.78 is 6.60. The van der Waals surface area contributed by atoms with Crippen LogP contribution in [0.4, 0.5) is 0 Å². The number of aromatic nitrogens is 4. The molecular weight excluding hydrogens is 360 g/mol. The van der Waals surface area contributed by atoms with E-state index < -0.39 is 0 Å². The van der Waals surface area contributed by atoms with Gasteiger partial charge in [-0.1, -0.05) is 17.3 Å². The highest BCUT2D eigenvalue weighted by Gasteiger charge is 2.20. The fourth-order valence-corrected chi connectivity index (χ4v) is 3.03. The van der Waals surface area contributed by atoms with Crippen molar-refractivity contribution < 1.29 is 14.3 Å². The number of hydrazone groups is 1. The van der Waals surface area contributed by atoms with Gasteiger partial charge in [0.1, 0.15) is 12.1 Å². The third-order valence-electron chi connectivity index (χ3n) is 4.34. The minimum Gasteiger partial charge on any atom is -0.462 e. The van der Waals surface area contributed by atoms with Gasteiger partial charge in [0.25, 0.3) is 5.91 Å². The van der Waals surface area contributed by atoms with Gasteiger partial charge in [-0.2, -0.15) is 5.10 Å². The molecule has 1 aromatic carbocycles. The summed E-state index contributed by atoms with van der Waals surface area (Å²) in [6.07, 6.45) is 0. The van der Waals surface area contributed by atoms with Gasteiger partial charge in [0, 0.05) is 5.69 Å². The summed E-state index contributed by atoms with van der Waals surface area (Å²) in [5.74, 6) is -0.712. The Hall–Kier alpha value is -3.49. The van der Waals surface area contributed by atoms with Gasteiger partial charge < -0.3 is 9.72 Å². The molecule has 0 aliphatic rings. The van der Waals surface area contributed by atoms with E-state index in [1.165, 1.54) is 4.68 Å². The molecule has 9 heteroatoms. The van der Waals surface area contributed by atoms with E-state index in [1.54, 1.807) is 20.8 Å². The second kappa shape index (κ2) is 8.03. The highest BCUT2D eigenvalue weighted by atomic mass is 16.5. The largest absolute Gasteiger partial charge is 0.462 e. The second-order valence-corrected chi connectivity index (χ2v) is 6.31. The van der Waals surface area contributed by atoms with Crippen LogP contribution in [-0.2, 0) is 16.1 Å². The highest BCUT2D eigenvalue weighted by molar-refractivity contribution is 6.03. The minimum atomic E-state index is -0.380. The number of esters is 1. The summed E-state index contributed by atoms with van der Waals surface area (Å²) in [6.45, 7) is 7.42. The number of aryl methyl sites for hydroxylation is 1. The lowest BCUT2D eigenvalue weighted by Crippen LogP contribution is -2.25. The number of fused-ring (bicyclic) bond motifs is 1. The monoisotopic (exact) mass is 382 g/mol. The number of para-hydroxylation sites is 1. The molecule has 2 N–H and O–H groups in total. The maximum atomic E-state index is 12.2. The van der Waals surface area contributed by atoms with E-state index >= 15 is 0 Å². The standard InChI is InChI=1S/C19H22N6O3/c1-5-28-19(27)17-11(2)18(20-12(17)3)13(4)21-23-16(26)10-25-15-9-7-6-8-14(15)22-24-25/h6-9,20H,5,10H2,1-4H3,(H,23,26)/b21-13+. The fraction of sp³-hybridized carbons (Fsp3) is 0.316. The van der Waals surface area contributed by atoms with Crippen molar-refractivity contribution in [1.82, 2.24) is 25.4 Å². The van der Waals surface area contributed by atoms with Gasteiger partial charge in [-0.25, -0.2) is 14.9 Å². The Labute approximate surface area is 161 Å². The van der Waals surface area contributed by atoms with Crippen LogP contribution in [0.2, 0.25) is 0 Å². The van der Waals surface area contributed by atoms with Crippen LogP contribution < -0.4 is 5.43 Å². The van der Waals surface area contributed by atoms with E-state index in [-0.39, 0.29) is 18.4 Å². The first-order chi connectivity index (χ1) is 13.4. The zero-order valence-electron chi connectivity index (χ0n) is 16.2. The van der Waals surface area contributed by atoms with Crippen LogP contribution in [0.15, 0.2) is 29.4 Å². The van der Waals surface area contributed by atoms with Crippen molar-refractivity contribution in [2.75, 3.05) is 6.61 Å². The third-order valence-corrected chi connectivity index (χ3v) is 4.34. The van der Waals surface area contributed by atoms with Crippen molar-refractivity contribution in [2.24, 2.45) is 5.10 Å². The molecule has 0 spiro atoms. The van der Waals surface area contributed by atoms with Gasteiger partial charge >= 0.3 is 5.97 Å². The topological polar surface area (TPSA) is 114 Å². The fourth-order valence-electron chi connectivity index (χ4n) is 3.03. The van der Waals surface area contributed by atoms with E-state index in [0.29, 0.717) is 29.3 Å². The van der Waals surface area contributed by atoms with Crippen molar-refractivity contribution in [3.8, 4) is 0 Å². The van der Waals surface area contributed by atoms with Gasteiger partial charge in [0.2, 0.25) is 0 Å². The zero-order valence-corrected chi connectivity index (χ0v) is 16.2. The molecule has 0 aliphatic heterocycles. The quantitative estimate of drug-likeness (QED) is 0.385. The Bertz CT molecular complexity index is 1060. The number of nitrogens with one attached hydrogen (secondary N) is 2. The molecule has 0 saturated heterocycles. The van der Waals surface area contributed by atoms with Crippen molar-refractivity contribution in [3.05, 3.63) is 46.8 Å². The third kappa shape index (κ3) is 3.78. The molecule has 0 aliphatic carbocycles. The molecule has 146 valence electrons. The molecule has 2 aromatic heterocycles. The number of benzene rings is 1. The van der Waals surface area contributed by atoms with Gasteiger partial charge in [-0.15, -0.1) is 5.10 Å². The van der Waals surface area contributed by atoms with Gasteiger partial charge in [0.05, 0.1) is 29.1 Å². The van der Waals surface area contributed by atoms with E-state index in [4.69, 9.17) is 4.74 Å². The maximum Gasteiger partial charge on any atom is 0.340 e. The van der Waals surface area contributed by atoms with Crippen LogP contribution in [0.25, 0.3) is 11.0 Å². The normalized spacial score (nSPS) is 11.6. The van der Waals surface area contributed by atoms with Crippen LogP contribution in [-0.4, -0.2) is 44.2 Å². The summed E-state index contributed by atoms with van der Waals surface area (Å²) >= 11 is 0. The lowest BCUT2D eigenvalue weighted by atomic mass is 10.1. The van der Waals surface area contributed by atoms with Crippen LogP contribution in [0.3, 0.4) is 0 Å². The average Bonchev–Trinajstić information content (AvgIpc) is 3.20. The Morgan fingerprint density at radius 3 is 2.79 bits per heavy atom. The molecule has 3 aromatic rings. The first kappa shape index (κ1) is 19.3. The number of aromatic amines is 1. The molecule has 9 nitrogen and oxygen atoms in total. The predicted octanol–water partition coefficient (Wildman–Crippen LogP) is 2.09. The van der Waals surface area contributed by atoms with Gasteiger partial charge in [-0.05, 0) is 45.4 Å². The molecule has 0 saturated carbocycles. The van der Waals surface area contributed by atoms with Crippen molar-refractivity contribution in [2.45, 2.75) is 34.2 Å². The molecule has 2 heterocycles. The number of nitrogens with zero attached hydrogens (tertiary/aromatic N) is 4. The van der Waals surface area contributed by atoms with Crippen LogP contribution >= 0.6 is 0 Å². The van der Waals surface area contributed by atoms with Gasteiger partial charge in [0.15, 0.2) is 0 Å². The van der Waals surface area contributed by atoms with Crippen molar-refractivity contribution in [3.63, 3.8) is 0 Å². The Kier molecular flexibility index (Phi) is 5.53. The van der Waals surface area contributed by atoms with Gasteiger partial charge in [-0.3, -0.25) is 4.79 Å². The smallest absolute Gasteiger partial charge is 0.340 e. The Morgan fingerprint density at radius 1 is 1.29 bits per heavy atom. The number of hydrogen-bond donors (Lipinski definition) is 2. The van der Waals surface area contributed by atoms with Crippen molar-refractivity contribution >= 4 is 28.6 Å². The first-order valence-corrected chi connectivity index (χ1v) is 8.90.